The van der Waals surface area contributed by atoms with Gasteiger partial charge in [0.25, 0.3) is 0 Å². The summed E-state index contributed by atoms with van der Waals surface area (Å²) in [4.78, 5) is 22.6. The fraction of sp³-hybridized carbons (Fsp3) is 0.385. The van der Waals surface area contributed by atoms with Gasteiger partial charge < -0.3 is 21.1 Å². The van der Waals surface area contributed by atoms with E-state index in [2.05, 4.69) is 10.6 Å². The van der Waals surface area contributed by atoms with Gasteiger partial charge in [-0.1, -0.05) is 6.92 Å². The Bertz CT molecular complexity index is 480. The van der Waals surface area contributed by atoms with E-state index in [1.807, 2.05) is 6.92 Å². The molecule has 0 saturated carbocycles. The number of nitrogens with one attached hydrogen (secondary N) is 2. The van der Waals surface area contributed by atoms with Crippen molar-refractivity contribution in [3.05, 3.63) is 24.0 Å². The number of benzene rings is 1. The largest absolute Gasteiger partial charge is 0.491 e. The third-order valence-electron chi connectivity index (χ3n) is 2.31. The molecule has 0 fully saturated rings. The number of carbonyl (C=O) groups is 2. The van der Waals surface area contributed by atoms with E-state index in [0.717, 1.165) is 6.42 Å². The Morgan fingerprint density at radius 2 is 2.10 bits per heavy atom. The molecule has 2 amide bonds. The lowest BCUT2D eigenvalue weighted by Gasteiger charge is -2.12. The topological polar surface area (TPSA) is 93.5 Å². The van der Waals surface area contributed by atoms with Crippen molar-refractivity contribution in [2.24, 2.45) is 5.73 Å². The van der Waals surface area contributed by atoms with Gasteiger partial charge in [0, 0.05) is 6.07 Å². The molecule has 0 aliphatic rings. The highest BCUT2D eigenvalue weighted by atomic mass is 19.1. The second-order valence-corrected chi connectivity index (χ2v) is 4.02. The van der Waals surface area contributed by atoms with Crippen molar-refractivity contribution in [2.45, 2.75) is 13.3 Å². The minimum absolute atomic E-state index is 0.186. The van der Waals surface area contributed by atoms with Gasteiger partial charge in [-0.15, -0.1) is 0 Å². The lowest BCUT2D eigenvalue weighted by atomic mass is 10.2. The van der Waals surface area contributed by atoms with E-state index < -0.39 is 17.6 Å². The van der Waals surface area contributed by atoms with Crippen molar-refractivity contribution in [2.75, 3.05) is 25.0 Å². The summed E-state index contributed by atoms with van der Waals surface area (Å²) in [5.74, 6) is -1.07. The maximum absolute atomic E-state index is 13.1. The van der Waals surface area contributed by atoms with E-state index in [9.17, 15) is 14.0 Å². The van der Waals surface area contributed by atoms with Gasteiger partial charge in [0.15, 0.2) is 0 Å². The molecule has 0 aliphatic carbocycles. The average molecular weight is 283 g/mol. The summed E-state index contributed by atoms with van der Waals surface area (Å²) >= 11 is 0. The molecule has 0 atom stereocenters. The summed E-state index contributed by atoms with van der Waals surface area (Å²) < 4.78 is 18.5. The van der Waals surface area contributed by atoms with Crippen LogP contribution in [0.1, 0.15) is 13.3 Å². The van der Waals surface area contributed by atoms with Crippen molar-refractivity contribution in [3.8, 4) is 5.75 Å². The molecule has 0 unspecified atom stereocenters. The first kappa shape index (κ1) is 15.9. The van der Waals surface area contributed by atoms with Crippen molar-refractivity contribution < 1.29 is 18.7 Å². The zero-order chi connectivity index (χ0) is 15.0. The molecule has 1 rings (SSSR count). The second-order valence-electron chi connectivity index (χ2n) is 4.02. The molecule has 0 saturated heterocycles. The Hall–Kier alpha value is -2.15. The highest BCUT2D eigenvalue weighted by Crippen LogP contribution is 2.25. The maximum atomic E-state index is 13.1. The first-order valence-electron chi connectivity index (χ1n) is 6.25. The number of nitrogens with two attached hydrogens (primary N) is 1. The summed E-state index contributed by atoms with van der Waals surface area (Å²) in [6.45, 7) is 1.94. The van der Waals surface area contributed by atoms with E-state index in [1.165, 1.54) is 18.2 Å². The molecule has 0 aromatic heterocycles. The molecule has 4 N–H and O–H groups in total. The zero-order valence-corrected chi connectivity index (χ0v) is 11.2. The lowest BCUT2D eigenvalue weighted by Crippen LogP contribution is -2.36. The molecular formula is C13H18FN3O3. The van der Waals surface area contributed by atoms with Crippen LogP contribution < -0.4 is 21.1 Å². The predicted molar refractivity (Wildman–Crippen MR) is 72.9 cm³/mol. The van der Waals surface area contributed by atoms with Gasteiger partial charge >= 0.3 is 0 Å². The molecule has 0 heterocycles. The third-order valence-corrected chi connectivity index (χ3v) is 2.31. The number of hydrogen-bond donors (Lipinski definition) is 3. The number of rotatable bonds is 7. The molecule has 0 bridgehead atoms. The highest BCUT2D eigenvalue weighted by Gasteiger charge is 2.10. The van der Waals surface area contributed by atoms with E-state index in [4.69, 9.17) is 10.5 Å². The molecule has 110 valence electrons. The van der Waals surface area contributed by atoms with Crippen molar-refractivity contribution >= 4 is 17.5 Å². The molecule has 0 radical (unpaired) electrons. The van der Waals surface area contributed by atoms with Crippen LogP contribution in [0.15, 0.2) is 18.2 Å². The minimum Gasteiger partial charge on any atom is -0.491 e. The quantitative estimate of drug-likeness (QED) is 0.684. The predicted octanol–water partition coefficient (Wildman–Crippen LogP) is 0.628. The fourth-order valence-electron chi connectivity index (χ4n) is 1.38. The van der Waals surface area contributed by atoms with Crippen LogP contribution in [0, 0.1) is 5.82 Å². The monoisotopic (exact) mass is 283 g/mol. The van der Waals surface area contributed by atoms with Crippen LogP contribution in [0.2, 0.25) is 0 Å². The van der Waals surface area contributed by atoms with Gasteiger partial charge in [-0.2, -0.15) is 0 Å². The van der Waals surface area contributed by atoms with Crippen LogP contribution in [0.4, 0.5) is 10.1 Å². The Balaban J connectivity index is 2.65. The summed E-state index contributed by atoms with van der Waals surface area (Å²) in [5.41, 5.74) is 5.45. The number of halogens is 1. The van der Waals surface area contributed by atoms with Gasteiger partial charge in [0.2, 0.25) is 11.8 Å². The Labute approximate surface area is 116 Å². The van der Waals surface area contributed by atoms with Crippen LogP contribution in [-0.2, 0) is 9.59 Å². The van der Waals surface area contributed by atoms with Crippen LogP contribution in [0.5, 0.6) is 5.75 Å². The highest BCUT2D eigenvalue weighted by molar-refractivity contribution is 5.95. The Morgan fingerprint density at radius 1 is 1.35 bits per heavy atom. The van der Waals surface area contributed by atoms with Gasteiger partial charge in [-0.05, 0) is 18.6 Å². The lowest BCUT2D eigenvalue weighted by molar-refractivity contribution is -0.123. The van der Waals surface area contributed by atoms with E-state index in [0.29, 0.717) is 12.3 Å². The third kappa shape index (κ3) is 5.23. The van der Waals surface area contributed by atoms with Gasteiger partial charge in [0.1, 0.15) is 11.6 Å². The van der Waals surface area contributed by atoms with Crippen molar-refractivity contribution in [1.82, 2.24) is 5.32 Å². The van der Waals surface area contributed by atoms with Crippen LogP contribution in [0.25, 0.3) is 0 Å². The summed E-state index contributed by atoms with van der Waals surface area (Å²) in [7, 11) is 0. The normalized spacial score (nSPS) is 9.95. The molecule has 20 heavy (non-hydrogen) atoms. The van der Waals surface area contributed by atoms with E-state index >= 15 is 0 Å². The number of carbonyl (C=O) groups excluding carboxylic acids is 2. The SMILES string of the molecule is CCCOc1cc(F)ccc1NC(=O)CNC(=O)CN. The number of hydrogen-bond acceptors (Lipinski definition) is 4. The maximum Gasteiger partial charge on any atom is 0.243 e. The molecular weight excluding hydrogens is 265 g/mol. The smallest absolute Gasteiger partial charge is 0.243 e. The van der Waals surface area contributed by atoms with Gasteiger partial charge in [-0.3, -0.25) is 9.59 Å². The summed E-state index contributed by atoms with van der Waals surface area (Å²) in [6.07, 6.45) is 0.760. The van der Waals surface area contributed by atoms with E-state index in [-0.39, 0.29) is 18.8 Å². The molecule has 1 aromatic rings. The fourth-order valence-corrected chi connectivity index (χ4v) is 1.38. The van der Waals surface area contributed by atoms with Gasteiger partial charge in [-0.25, -0.2) is 4.39 Å². The number of ether oxygens (including phenoxy) is 1. The first-order valence-corrected chi connectivity index (χ1v) is 6.25. The zero-order valence-electron chi connectivity index (χ0n) is 11.2. The van der Waals surface area contributed by atoms with Crippen LogP contribution in [0.3, 0.4) is 0 Å². The van der Waals surface area contributed by atoms with Crippen molar-refractivity contribution in [3.63, 3.8) is 0 Å². The van der Waals surface area contributed by atoms with Crippen LogP contribution >= 0.6 is 0 Å². The molecule has 6 nitrogen and oxygen atoms in total. The van der Waals surface area contributed by atoms with Gasteiger partial charge in [0.05, 0.1) is 25.4 Å². The molecule has 1 aromatic carbocycles. The number of amides is 2. The molecule has 7 heteroatoms. The van der Waals surface area contributed by atoms with Crippen LogP contribution in [-0.4, -0.2) is 31.5 Å². The standard InChI is InChI=1S/C13H18FN3O3/c1-2-5-20-11-6-9(14)3-4-10(11)17-13(19)8-16-12(18)7-15/h3-4,6H,2,5,7-8,15H2,1H3,(H,16,18)(H,17,19). The minimum atomic E-state index is -0.453. The average Bonchev–Trinajstić information content (AvgIpc) is 2.44. The number of anilines is 1. The Kier molecular flexibility index (Phi) is 6.45. The second kappa shape index (κ2) is 8.11. The summed E-state index contributed by atoms with van der Waals surface area (Å²) in [6, 6.07) is 3.82. The molecule has 0 spiro atoms. The molecule has 0 aliphatic heterocycles. The van der Waals surface area contributed by atoms with E-state index in [1.54, 1.807) is 0 Å². The first-order chi connectivity index (χ1) is 9.56. The Morgan fingerprint density at radius 3 is 2.75 bits per heavy atom. The van der Waals surface area contributed by atoms with Crippen molar-refractivity contribution in [1.29, 1.82) is 0 Å². The summed E-state index contributed by atoms with van der Waals surface area (Å²) in [5, 5.41) is 4.88.